The van der Waals surface area contributed by atoms with Gasteiger partial charge in [-0.05, 0) is 44.9 Å². The normalized spacial score (nSPS) is 24.7. The lowest BCUT2D eigenvalue weighted by atomic mass is 9.98. The van der Waals surface area contributed by atoms with Crippen LogP contribution in [0, 0.1) is 0 Å². The van der Waals surface area contributed by atoms with Gasteiger partial charge >= 0.3 is 0 Å². The van der Waals surface area contributed by atoms with E-state index in [4.69, 9.17) is 4.42 Å². The molecule has 1 fully saturated rings. The third kappa shape index (κ3) is 3.29. The summed E-state index contributed by atoms with van der Waals surface area (Å²) in [5.41, 5.74) is 0.582. The van der Waals surface area contributed by atoms with E-state index in [1.54, 1.807) is 17.6 Å². The zero-order chi connectivity index (χ0) is 14.0. The summed E-state index contributed by atoms with van der Waals surface area (Å²) in [4.78, 5) is 7.01. The highest BCUT2D eigenvalue weighted by Gasteiger charge is 2.25. The first-order valence-electron chi connectivity index (χ1n) is 7.05. The predicted molar refractivity (Wildman–Crippen MR) is 79.6 cm³/mol. The minimum Gasteiger partial charge on any atom is -0.462 e. The van der Waals surface area contributed by atoms with Gasteiger partial charge in [0.1, 0.15) is 0 Å². The number of thiazole rings is 1. The standard InChI is InChI=1S/C15H20N2O2S/c1-15(18)5-3-7-17(8-6-15)10-12-11-20-14(16-12)13-4-2-9-19-13/h2,4,9,11,18H,3,5-8,10H2,1H3. The molecule has 3 rings (SSSR count). The molecule has 0 amide bonds. The highest BCUT2D eigenvalue weighted by molar-refractivity contribution is 7.13. The summed E-state index contributed by atoms with van der Waals surface area (Å²) in [5, 5.41) is 13.1. The molecule has 2 aromatic heterocycles. The fourth-order valence-corrected chi connectivity index (χ4v) is 3.38. The second kappa shape index (κ2) is 5.68. The Morgan fingerprint density at radius 3 is 3.15 bits per heavy atom. The molecule has 1 unspecified atom stereocenters. The van der Waals surface area contributed by atoms with E-state index in [9.17, 15) is 5.11 Å². The number of rotatable bonds is 3. The molecule has 0 radical (unpaired) electrons. The second-order valence-corrected chi connectivity index (χ2v) is 6.61. The molecule has 20 heavy (non-hydrogen) atoms. The quantitative estimate of drug-likeness (QED) is 0.944. The molecule has 2 aromatic rings. The minimum absolute atomic E-state index is 0.504. The van der Waals surface area contributed by atoms with E-state index >= 15 is 0 Å². The maximum Gasteiger partial charge on any atom is 0.162 e. The third-order valence-electron chi connectivity index (χ3n) is 3.83. The highest BCUT2D eigenvalue weighted by atomic mass is 32.1. The summed E-state index contributed by atoms with van der Waals surface area (Å²) < 4.78 is 5.37. The van der Waals surface area contributed by atoms with Crippen molar-refractivity contribution in [2.75, 3.05) is 13.1 Å². The van der Waals surface area contributed by atoms with Gasteiger partial charge in [0.15, 0.2) is 10.8 Å². The number of aliphatic hydroxyl groups is 1. The zero-order valence-corrected chi connectivity index (χ0v) is 12.5. The number of likely N-dealkylation sites (tertiary alicyclic amines) is 1. The van der Waals surface area contributed by atoms with Gasteiger partial charge in [-0.15, -0.1) is 11.3 Å². The molecule has 1 atom stereocenters. The molecule has 0 spiro atoms. The molecular weight excluding hydrogens is 272 g/mol. The van der Waals surface area contributed by atoms with Crippen molar-refractivity contribution in [2.45, 2.75) is 38.3 Å². The van der Waals surface area contributed by atoms with Crippen LogP contribution in [0.15, 0.2) is 28.2 Å². The molecule has 0 saturated carbocycles. The summed E-state index contributed by atoms with van der Waals surface area (Å²) in [6, 6.07) is 3.82. The Kier molecular flexibility index (Phi) is 3.92. The number of hydrogen-bond acceptors (Lipinski definition) is 5. The lowest BCUT2D eigenvalue weighted by molar-refractivity contribution is 0.0444. The van der Waals surface area contributed by atoms with Gasteiger partial charge in [-0.2, -0.15) is 0 Å². The Hall–Kier alpha value is -1.17. The van der Waals surface area contributed by atoms with Crippen molar-refractivity contribution in [3.05, 3.63) is 29.5 Å². The van der Waals surface area contributed by atoms with E-state index in [0.29, 0.717) is 0 Å². The van der Waals surface area contributed by atoms with Crippen LogP contribution in [0.1, 0.15) is 31.9 Å². The Bertz CT molecular complexity index is 548. The molecular formula is C15H20N2O2S. The first-order chi connectivity index (χ1) is 9.62. The zero-order valence-electron chi connectivity index (χ0n) is 11.7. The molecule has 108 valence electrons. The summed E-state index contributed by atoms with van der Waals surface area (Å²) in [6.45, 7) is 4.76. The molecule has 0 aromatic carbocycles. The lowest BCUT2D eigenvalue weighted by Gasteiger charge is -2.21. The van der Waals surface area contributed by atoms with E-state index in [0.717, 1.165) is 55.4 Å². The van der Waals surface area contributed by atoms with Gasteiger partial charge in [-0.1, -0.05) is 0 Å². The van der Waals surface area contributed by atoms with E-state index in [1.807, 2.05) is 19.1 Å². The summed E-state index contributed by atoms with van der Waals surface area (Å²) in [7, 11) is 0. The van der Waals surface area contributed by atoms with Crippen molar-refractivity contribution in [2.24, 2.45) is 0 Å². The molecule has 0 aliphatic carbocycles. The van der Waals surface area contributed by atoms with Crippen LogP contribution in [0.4, 0.5) is 0 Å². The van der Waals surface area contributed by atoms with Gasteiger partial charge in [0.25, 0.3) is 0 Å². The van der Waals surface area contributed by atoms with Crippen LogP contribution in [0.2, 0.25) is 0 Å². The van der Waals surface area contributed by atoms with Crippen LogP contribution in [0.3, 0.4) is 0 Å². The molecule has 0 bridgehead atoms. The number of furan rings is 1. The van der Waals surface area contributed by atoms with Crippen LogP contribution < -0.4 is 0 Å². The maximum absolute atomic E-state index is 10.1. The monoisotopic (exact) mass is 292 g/mol. The lowest BCUT2D eigenvalue weighted by Crippen LogP contribution is -2.28. The van der Waals surface area contributed by atoms with Crippen molar-refractivity contribution in [3.63, 3.8) is 0 Å². The van der Waals surface area contributed by atoms with Crippen LogP contribution in [0.25, 0.3) is 10.8 Å². The molecule has 5 heteroatoms. The Morgan fingerprint density at radius 1 is 1.45 bits per heavy atom. The van der Waals surface area contributed by atoms with E-state index in [1.165, 1.54) is 0 Å². The topological polar surface area (TPSA) is 49.5 Å². The molecule has 4 nitrogen and oxygen atoms in total. The van der Waals surface area contributed by atoms with Gasteiger partial charge in [0, 0.05) is 18.5 Å². The highest BCUT2D eigenvalue weighted by Crippen LogP contribution is 2.26. The van der Waals surface area contributed by atoms with Crippen LogP contribution in [-0.2, 0) is 6.54 Å². The molecule has 1 N–H and O–H groups in total. The Labute approximate surface area is 123 Å². The first kappa shape index (κ1) is 13.8. The van der Waals surface area contributed by atoms with Crippen molar-refractivity contribution >= 4 is 11.3 Å². The van der Waals surface area contributed by atoms with Gasteiger partial charge in [0.05, 0.1) is 17.6 Å². The van der Waals surface area contributed by atoms with Gasteiger partial charge in [-0.25, -0.2) is 4.98 Å². The van der Waals surface area contributed by atoms with E-state index in [-0.39, 0.29) is 0 Å². The average molecular weight is 292 g/mol. The molecule has 1 saturated heterocycles. The molecule has 1 aliphatic heterocycles. The smallest absolute Gasteiger partial charge is 0.162 e. The van der Waals surface area contributed by atoms with Crippen LogP contribution in [0.5, 0.6) is 0 Å². The van der Waals surface area contributed by atoms with Crippen molar-refractivity contribution < 1.29 is 9.52 Å². The van der Waals surface area contributed by atoms with Crippen LogP contribution in [-0.4, -0.2) is 33.7 Å². The van der Waals surface area contributed by atoms with Crippen LogP contribution >= 0.6 is 11.3 Å². The number of hydrogen-bond donors (Lipinski definition) is 1. The third-order valence-corrected chi connectivity index (χ3v) is 4.73. The maximum atomic E-state index is 10.1. The van der Waals surface area contributed by atoms with Gasteiger partial charge in [0.2, 0.25) is 0 Å². The number of aromatic nitrogens is 1. The minimum atomic E-state index is -0.504. The van der Waals surface area contributed by atoms with Crippen molar-refractivity contribution in [3.8, 4) is 10.8 Å². The SMILES string of the molecule is CC1(O)CCCN(Cc2csc(-c3ccco3)n2)CC1. The summed E-state index contributed by atoms with van der Waals surface area (Å²) in [6.07, 6.45) is 4.44. The van der Waals surface area contributed by atoms with Gasteiger partial charge < -0.3 is 9.52 Å². The van der Waals surface area contributed by atoms with Crippen molar-refractivity contribution in [1.82, 2.24) is 9.88 Å². The second-order valence-electron chi connectivity index (χ2n) is 5.75. The number of nitrogens with zero attached hydrogens (tertiary/aromatic N) is 2. The molecule has 3 heterocycles. The fourth-order valence-electron chi connectivity index (χ4n) is 2.60. The predicted octanol–water partition coefficient (Wildman–Crippen LogP) is 3.14. The Balaban J connectivity index is 1.63. The largest absolute Gasteiger partial charge is 0.462 e. The summed E-state index contributed by atoms with van der Waals surface area (Å²) >= 11 is 1.62. The van der Waals surface area contributed by atoms with E-state index in [2.05, 4.69) is 15.3 Å². The average Bonchev–Trinajstić information content (AvgIpc) is 3.03. The first-order valence-corrected chi connectivity index (χ1v) is 7.93. The Morgan fingerprint density at radius 2 is 2.35 bits per heavy atom. The van der Waals surface area contributed by atoms with E-state index < -0.39 is 5.60 Å². The van der Waals surface area contributed by atoms with Gasteiger partial charge in [-0.3, -0.25) is 4.90 Å². The molecule has 1 aliphatic rings. The summed E-state index contributed by atoms with van der Waals surface area (Å²) in [5.74, 6) is 0.833. The fraction of sp³-hybridized carbons (Fsp3) is 0.533. The van der Waals surface area contributed by atoms with Crippen molar-refractivity contribution in [1.29, 1.82) is 0 Å².